The number of hydrogen-bond acceptors (Lipinski definition) is 2. The number of H-pyrrole nitrogens is 1. The smallest absolute Gasteiger partial charge is 0.317 e. The topological polar surface area (TPSA) is 61.0 Å². The first-order valence-electron chi connectivity index (χ1n) is 9.34. The highest BCUT2D eigenvalue weighted by Gasteiger charge is 2.35. The van der Waals surface area contributed by atoms with Crippen LogP contribution in [0, 0.1) is 11.8 Å². The molecule has 3 atom stereocenters. The predicted molar refractivity (Wildman–Crippen MR) is 89.1 cm³/mol. The number of rotatable bonds is 3. The van der Waals surface area contributed by atoms with Crippen LogP contribution in [0.3, 0.4) is 0 Å². The molecule has 2 aliphatic carbocycles. The Bertz CT molecular complexity index is 525. The van der Waals surface area contributed by atoms with E-state index < -0.39 is 0 Å². The van der Waals surface area contributed by atoms with Crippen molar-refractivity contribution in [3.05, 3.63) is 18.2 Å². The summed E-state index contributed by atoms with van der Waals surface area (Å²) in [6.07, 6.45) is 13.7. The molecule has 1 aliphatic heterocycles. The average molecular weight is 316 g/mol. The molecule has 0 radical (unpaired) electrons. The lowest BCUT2D eigenvalue weighted by Gasteiger charge is -2.35. The van der Waals surface area contributed by atoms with Crippen LogP contribution in [0.4, 0.5) is 4.79 Å². The number of carbonyl (C=O) groups excluding carboxylic acids is 1. The number of nitrogens with one attached hydrogen (secondary N) is 2. The maximum absolute atomic E-state index is 12.7. The molecule has 5 nitrogen and oxygen atoms in total. The number of carbonyl (C=O) groups is 1. The molecule has 1 saturated heterocycles. The minimum absolute atomic E-state index is 0.141. The molecule has 126 valence electrons. The molecule has 2 heterocycles. The van der Waals surface area contributed by atoms with Gasteiger partial charge < -0.3 is 15.2 Å². The number of piperidine rings is 1. The van der Waals surface area contributed by atoms with Crippen LogP contribution < -0.4 is 5.32 Å². The zero-order valence-electron chi connectivity index (χ0n) is 13.8. The summed E-state index contributed by atoms with van der Waals surface area (Å²) < 4.78 is 0. The van der Waals surface area contributed by atoms with E-state index in [9.17, 15) is 4.79 Å². The number of amides is 2. The van der Waals surface area contributed by atoms with Gasteiger partial charge in [0.05, 0.1) is 0 Å². The Kier molecular flexibility index (Phi) is 4.27. The van der Waals surface area contributed by atoms with E-state index in [4.69, 9.17) is 0 Å². The molecule has 1 aromatic heterocycles. The van der Waals surface area contributed by atoms with E-state index in [0.717, 1.165) is 50.0 Å². The van der Waals surface area contributed by atoms with Gasteiger partial charge >= 0.3 is 6.03 Å². The standard InChI is InChI=1S/C18H28N4O/c23-18(21-16-5-1-3-14(11-16)13-6-7-13)22-10-2-4-15(12-22)17-19-8-9-20-17/h8-9,13-16H,1-7,10-12H2,(H,19,20)(H,21,23)/t14-,15-,16-/m1/s1. The van der Waals surface area contributed by atoms with E-state index in [0.29, 0.717) is 12.0 Å². The SMILES string of the molecule is O=C(N[C@@H]1CCC[C@@H](C2CC2)C1)N1CCC[C@@H](c2ncc[nH]2)C1. The fourth-order valence-corrected chi connectivity index (χ4v) is 4.51. The van der Waals surface area contributed by atoms with Crippen molar-refractivity contribution in [1.29, 1.82) is 0 Å². The van der Waals surface area contributed by atoms with Crippen molar-refractivity contribution < 1.29 is 4.79 Å². The summed E-state index contributed by atoms with van der Waals surface area (Å²) in [6.45, 7) is 1.67. The lowest BCUT2D eigenvalue weighted by molar-refractivity contribution is 0.166. The van der Waals surface area contributed by atoms with Crippen LogP contribution in [0.5, 0.6) is 0 Å². The van der Waals surface area contributed by atoms with Gasteiger partial charge in [0.2, 0.25) is 0 Å². The predicted octanol–water partition coefficient (Wildman–Crippen LogP) is 3.27. The highest BCUT2D eigenvalue weighted by molar-refractivity contribution is 5.74. The number of aromatic nitrogens is 2. The van der Waals surface area contributed by atoms with Gasteiger partial charge in [-0.15, -0.1) is 0 Å². The van der Waals surface area contributed by atoms with Crippen LogP contribution in [0.1, 0.15) is 63.1 Å². The molecule has 3 fully saturated rings. The third kappa shape index (κ3) is 3.54. The maximum Gasteiger partial charge on any atom is 0.317 e. The third-order valence-electron chi connectivity index (χ3n) is 5.95. The largest absolute Gasteiger partial charge is 0.348 e. The Morgan fingerprint density at radius 3 is 2.87 bits per heavy atom. The molecule has 2 saturated carbocycles. The number of imidazole rings is 1. The molecule has 3 aliphatic rings. The lowest BCUT2D eigenvalue weighted by Crippen LogP contribution is -2.49. The van der Waals surface area contributed by atoms with Crippen LogP contribution in [-0.2, 0) is 0 Å². The minimum Gasteiger partial charge on any atom is -0.348 e. The average Bonchev–Trinajstić information content (AvgIpc) is 3.30. The second-order valence-corrected chi connectivity index (χ2v) is 7.67. The van der Waals surface area contributed by atoms with E-state index in [1.54, 1.807) is 6.20 Å². The normalized spacial score (nSPS) is 31.8. The summed E-state index contributed by atoms with van der Waals surface area (Å²) in [4.78, 5) is 22.2. The van der Waals surface area contributed by atoms with Gasteiger partial charge in [0, 0.05) is 37.4 Å². The Balaban J connectivity index is 1.31. The second kappa shape index (κ2) is 6.54. The Morgan fingerprint density at radius 2 is 2.09 bits per heavy atom. The van der Waals surface area contributed by atoms with E-state index in [1.807, 2.05) is 11.1 Å². The van der Waals surface area contributed by atoms with E-state index in [1.165, 1.54) is 32.1 Å². The Morgan fingerprint density at radius 1 is 1.17 bits per heavy atom. The van der Waals surface area contributed by atoms with Crippen LogP contribution in [-0.4, -0.2) is 40.0 Å². The first kappa shape index (κ1) is 15.0. The summed E-state index contributed by atoms with van der Waals surface area (Å²) >= 11 is 0. The van der Waals surface area contributed by atoms with Crippen molar-refractivity contribution in [2.45, 2.75) is 63.3 Å². The zero-order valence-corrected chi connectivity index (χ0v) is 13.8. The zero-order chi connectivity index (χ0) is 15.6. The number of likely N-dealkylation sites (tertiary alicyclic amines) is 1. The van der Waals surface area contributed by atoms with Crippen molar-refractivity contribution in [1.82, 2.24) is 20.2 Å². The van der Waals surface area contributed by atoms with Gasteiger partial charge in [-0.05, 0) is 50.4 Å². The van der Waals surface area contributed by atoms with Crippen molar-refractivity contribution in [2.24, 2.45) is 11.8 Å². The van der Waals surface area contributed by atoms with Crippen molar-refractivity contribution in [3.63, 3.8) is 0 Å². The first-order chi connectivity index (χ1) is 11.3. The van der Waals surface area contributed by atoms with Gasteiger partial charge in [-0.3, -0.25) is 0 Å². The number of nitrogens with zero attached hydrogens (tertiary/aromatic N) is 2. The van der Waals surface area contributed by atoms with Crippen molar-refractivity contribution in [2.75, 3.05) is 13.1 Å². The Hall–Kier alpha value is -1.52. The van der Waals surface area contributed by atoms with Crippen LogP contribution in [0.25, 0.3) is 0 Å². The molecule has 2 N–H and O–H groups in total. The summed E-state index contributed by atoms with van der Waals surface area (Å²) in [5.74, 6) is 3.21. The van der Waals surface area contributed by atoms with Gasteiger partial charge in [-0.25, -0.2) is 9.78 Å². The number of hydrogen-bond donors (Lipinski definition) is 2. The molecule has 0 unspecified atom stereocenters. The van der Waals surface area contributed by atoms with Gasteiger partial charge in [0.15, 0.2) is 0 Å². The number of urea groups is 1. The van der Waals surface area contributed by atoms with E-state index >= 15 is 0 Å². The fraction of sp³-hybridized carbons (Fsp3) is 0.778. The summed E-state index contributed by atoms with van der Waals surface area (Å²) in [5.41, 5.74) is 0. The molecule has 1 aromatic rings. The van der Waals surface area contributed by atoms with E-state index in [2.05, 4.69) is 15.3 Å². The molecular formula is C18H28N4O. The molecule has 0 aromatic carbocycles. The van der Waals surface area contributed by atoms with Crippen molar-refractivity contribution in [3.8, 4) is 0 Å². The molecule has 0 spiro atoms. The summed E-state index contributed by atoms with van der Waals surface area (Å²) in [5, 5.41) is 3.32. The molecular weight excluding hydrogens is 288 g/mol. The van der Waals surface area contributed by atoms with Crippen LogP contribution in [0.15, 0.2) is 12.4 Å². The lowest BCUT2D eigenvalue weighted by atomic mass is 9.83. The third-order valence-corrected chi connectivity index (χ3v) is 5.95. The highest BCUT2D eigenvalue weighted by atomic mass is 16.2. The van der Waals surface area contributed by atoms with Crippen molar-refractivity contribution >= 4 is 6.03 Å². The van der Waals surface area contributed by atoms with Gasteiger partial charge in [0.25, 0.3) is 0 Å². The van der Waals surface area contributed by atoms with Crippen LogP contribution in [0.2, 0.25) is 0 Å². The van der Waals surface area contributed by atoms with E-state index in [-0.39, 0.29) is 6.03 Å². The van der Waals surface area contributed by atoms with Gasteiger partial charge in [0.1, 0.15) is 5.82 Å². The fourth-order valence-electron chi connectivity index (χ4n) is 4.51. The highest BCUT2D eigenvalue weighted by Crippen LogP contribution is 2.43. The van der Waals surface area contributed by atoms with Gasteiger partial charge in [-0.2, -0.15) is 0 Å². The molecule has 2 amide bonds. The first-order valence-corrected chi connectivity index (χ1v) is 9.34. The van der Waals surface area contributed by atoms with Crippen LogP contribution >= 0.6 is 0 Å². The summed E-state index contributed by atoms with van der Waals surface area (Å²) in [7, 11) is 0. The second-order valence-electron chi connectivity index (χ2n) is 7.67. The molecule has 0 bridgehead atoms. The summed E-state index contributed by atoms with van der Waals surface area (Å²) in [6, 6.07) is 0.536. The minimum atomic E-state index is 0.141. The maximum atomic E-state index is 12.7. The molecule has 5 heteroatoms. The monoisotopic (exact) mass is 316 g/mol. The molecule has 4 rings (SSSR count). The molecule has 23 heavy (non-hydrogen) atoms. The van der Waals surface area contributed by atoms with Gasteiger partial charge in [-0.1, -0.05) is 12.8 Å². The Labute approximate surface area is 138 Å². The quantitative estimate of drug-likeness (QED) is 0.899. The number of aromatic amines is 1.